The third-order valence-electron chi connectivity index (χ3n) is 2.21. The number of ether oxygens (including phenoxy) is 1. The normalized spacial score (nSPS) is 14.9. The van der Waals surface area contributed by atoms with Crippen LogP contribution in [0.25, 0.3) is 0 Å². The lowest BCUT2D eigenvalue weighted by Gasteiger charge is -2.25. The highest BCUT2D eigenvalue weighted by molar-refractivity contribution is 7.90. The van der Waals surface area contributed by atoms with Crippen LogP contribution in [0.1, 0.15) is 34.6 Å². The molecule has 0 heterocycles. The first kappa shape index (κ1) is 15.4. The van der Waals surface area contributed by atoms with Gasteiger partial charge < -0.3 is 4.74 Å². The van der Waals surface area contributed by atoms with Gasteiger partial charge in [0.25, 0.3) is 0 Å². The molecule has 0 rings (SSSR count). The van der Waals surface area contributed by atoms with Gasteiger partial charge in [-0.25, -0.2) is 13.1 Å². The second-order valence-corrected chi connectivity index (χ2v) is 7.45. The van der Waals surface area contributed by atoms with Crippen molar-refractivity contribution >= 4 is 16.0 Å². The summed E-state index contributed by atoms with van der Waals surface area (Å²) < 4.78 is 29.7. The molecule has 16 heavy (non-hydrogen) atoms. The summed E-state index contributed by atoms with van der Waals surface area (Å²) >= 11 is 0. The van der Waals surface area contributed by atoms with Crippen molar-refractivity contribution in [3.8, 4) is 0 Å². The predicted molar refractivity (Wildman–Crippen MR) is 62.5 cm³/mol. The molecule has 0 aromatic carbocycles. The Kier molecular flexibility index (Phi) is 4.94. The van der Waals surface area contributed by atoms with Crippen LogP contribution in [-0.2, 0) is 19.6 Å². The number of sulfonamides is 1. The van der Waals surface area contributed by atoms with Crippen molar-refractivity contribution in [1.29, 1.82) is 0 Å². The second kappa shape index (κ2) is 5.14. The molecule has 5 nitrogen and oxygen atoms in total. The highest BCUT2D eigenvalue weighted by Gasteiger charge is 2.35. The molecule has 0 spiro atoms. The molecule has 0 radical (unpaired) electrons. The fraction of sp³-hybridized carbons (Fsp3) is 0.900. The van der Waals surface area contributed by atoms with Crippen molar-refractivity contribution in [2.24, 2.45) is 5.92 Å². The molecule has 6 heteroatoms. The topological polar surface area (TPSA) is 72.5 Å². The Hall–Kier alpha value is -0.620. The van der Waals surface area contributed by atoms with Crippen molar-refractivity contribution in [1.82, 2.24) is 4.72 Å². The van der Waals surface area contributed by atoms with Crippen LogP contribution in [-0.4, -0.2) is 32.3 Å². The quantitative estimate of drug-likeness (QED) is 0.754. The van der Waals surface area contributed by atoms with Crippen LogP contribution >= 0.6 is 0 Å². The summed E-state index contributed by atoms with van der Waals surface area (Å²) in [5, 5.41) is 0. The largest absolute Gasteiger partial charge is 0.468 e. The van der Waals surface area contributed by atoms with Crippen LogP contribution in [0.3, 0.4) is 0 Å². The number of carbonyl (C=O) groups excluding carboxylic acids is 1. The molecule has 0 fully saturated rings. The molecule has 0 aliphatic carbocycles. The Morgan fingerprint density at radius 2 is 1.69 bits per heavy atom. The third kappa shape index (κ3) is 3.75. The van der Waals surface area contributed by atoms with Crippen LogP contribution in [0.2, 0.25) is 0 Å². The van der Waals surface area contributed by atoms with E-state index in [1.807, 2.05) is 0 Å². The molecule has 1 atom stereocenters. The van der Waals surface area contributed by atoms with Crippen molar-refractivity contribution in [3.05, 3.63) is 0 Å². The molecule has 96 valence electrons. The van der Waals surface area contributed by atoms with Crippen LogP contribution in [0.5, 0.6) is 0 Å². The lowest BCUT2D eigenvalue weighted by Crippen LogP contribution is -2.50. The monoisotopic (exact) mass is 251 g/mol. The maximum atomic E-state index is 11.9. The van der Waals surface area contributed by atoms with Crippen molar-refractivity contribution < 1.29 is 17.9 Å². The van der Waals surface area contributed by atoms with E-state index < -0.39 is 26.8 Å². The minimum atomic E-state index is -3.55. The van der Waals surface area contributed by atoms with Gasteiger partial charge in [0, 0.05) is 0 Å². The molecule has 0 aliphatic rings. The predicted octanol–water partition coefficient (Wildman–Crippen LogP) is 0.902. The van der Waals surface area contributed by atoms with E-state index in [4.69, 9.17) is 0 Å². The van der Waals surface area contributed by atoms with Crippen molar-refractivity contribution in [3.63, 3.8) is 0 Å². The first-order chi connectivity index (χ1) is 7.03. The van der Waals surface area contributed by atoms with E-state index in [1.54, 1.807) is 34.6 Å². The van der Waals surface area contributed by atoms with Gasteiger partial charge >= 0.3 is 5.97 Å². The van der Waals surface area contributed by atoms with E-state index in [2.05, 4.69) is 9.46 Å². The Labute approximate surface area is 97.6 Å². The molecule has 0 amide bonds. The zero-order valence-corrected chi connectivity index (χ0v) is 11.5. The first-order valence-electron chi connectivity index (χ1n) is 5.12. The zero-order chi connectivity index (χ0) is 13.1. The van der Waals surface area contributed by atoms with E-state index in [0.717, 1.165) is 0 Å². The lowest BCUT2D eigenvalue weighted by molar-refractivity contribution is -0.143. The Morgan fingerprint density at radius 3 is 1.94 bits per heavy atom. The Balaban J connectivity index is 4.99. The maximum absolute atomic E-state index is 11.9. The average Bonchev–Trinajstić information content (AvgIpc) is 2.10. The summed E-state index contributed by atoms with van der Waals surface area (Å²) in [5.41, 5.74) is 0. The number of hydrogen-bond acceptors (Lipinski definition) is 4. The number of methoxy groups -OCH3 is 1. The molecule has 1 N–H and O–H groups in total. The van der Waals surface area contributed by atoms with Crippen molar-refractivity contribution in [2.45, 2.75) is 45.4 Å². The molecule has 0 aromatic heterocycles. The van der Waals surface area contributed by atoms with Gasteiger partial charge in [-0.15, -0.1) is 0 Å². The van der Waals surface area contributed by atoms with E-state index in [-0.39, 0.29) is 5.92 Å². The Bertz CT molecular complexity index is 340. The standard InChI is InChI=1S/C10H21NO4S/c1-7(2)8(9(12)15-6)11-16(13,14)10(3,4)5/h7-8,11H,1-6H3. The zero-order valence-electron chi connectivity index (χ0n) is 10.7. The average molecular weight is 251 g/mol. The summed E-state index contributed by atoms with van der Waals surface area (Å²) in [7, 11) is -2.31. The number of carbonyl (C=O) groups is 1. The number of hydrogen-bond donors (Lipinski definition) is 1. The number of nitrogens with one attached hydrogen (secondary N) is 1. The van der Waals surface area contributed by atoms with E-state index in [0.29, 0.717) is 0 Å². The molecule has 1 unspecified atom stereocenters. The van der Waals surface area contributed by atoms with Crippen LogP contribution in [0, 0.1) is 5.92 Å². The van der Waals surface area contributed by atoms with Gasteiger partial charge in [0.2, 0.25) is 10.0 Å². The summed E-state index contributed by atoms with van der Waals surface area (Å²) in [4.78, 5) is 11.4. The lowest BCUT2D eigenvalue weighted by atomic mass is 10.1. The molecule has 0 saturated heterocycles. The maximum Gasteiger partial charge on any atom is 0.324 e. The van der Waals surface area contributed by atoms with Crippen LogP contribution in [0.4, 0.5) is 0 Å². The summed E-state index contributed by atoms with van der Waals surface area (Å²) in [6.07, 6.45) is 0. The van der Waals surface area contributed by atoms with Crippen LogP contribution < -0.4 is 4.72 Å². The molecular weight excluding hydrogens is 230 g/mol. The highest BCUT2D eigenvalue weighted by Crippen LogP contribution is 2.16. The summed E-state index contributed by atoms with van der Waals surface area (Å²) in [6, 6.07) is -0.839. The minimum absolute atomic E-state index is 0.162. The Morgan fingerprint density at radius 1 is 1.25 bits per heavy atom. The molecule has 0 aliphatic heterocycles. The molecule has 0 saturated carbocycles. The number of rotatable bonds is 4. The van der Waals surface area contributed by atoms with Gasteiger partial charge in [0.1, 0.15) is 6.04 Å². The van der Waals surface area contributed by atoms with E-state index in [1.165, 1.54) is 7.11 Å². The van der Waals surface area contributed by atoms with Gasteiger partial charge in [-0.3, -0.25) is 4.79 Å². The minimum Gasteiger partial charge on any atom is -0.468 e. The second-order valence-electron chi connectivity index (χ2n) is 4.98. The smallest absolute Gasteiger partial charge is 0.324 e. The highest BCUT2D eigenvalue weighted by atomic mass is 32.2. The van der Waals surface area contributed by atoms with Crippen LogP contribution in [0.15, 0.2) is 0 Å². The summed E-state index contributed by atoms with van der Waals surface area (Å²) in [5.74, 6) is -0.729. The van der Waals surface area contributed by atoms with Gasteiger partial charge in [-0.05, 0) is 26.7 Å². The fourth-order valence-corrected chi connectivity index (χ4v) is 1.98. The summed E-state index contributed by atoms with van der Waals surface area (Å²) in [6.45, 7) is 8.23. The molecule has 0 bridgehead atoms. The van der Waals surface area contributed by atoms with Gasteiger partial charge in [-0.2, -0.15) is 0 Å². The van der Waals surface area contributed by atoms with E-state index in [9.17, 15) is 13.2 Å². The van der Waals surface area contributed by atoms with Gasteiger partial charge in [0.15, 0.2) is 0 Å². The van der Waals surface area contributed by atoms with Gasteiger partial charge in [-0.1, -0.05) is 13.8 Å². The SMILES string of the molecule is COC(=O)C(NS(=O)(=O)C(C)(C)C)C(C)C. The van der Waals surface area contributed by atoms with Crippen molar-refractivity contribution in [2.75, 3.05) is 7.11 Å². The molecule has 0 aromatic rings. The van der Waals surface area contributed by atoms with E-state index >= 15 is 0 Å². The number of esters is 1. The van der Waals surface area contributed by atoms with Gasteiger partial charge in [0.05, 0.1) is 11.9 Å². The fourth-order valence-electron chi connectivity index (χ4n) is 0.927. The first-order valence-corrected chi connectivity index (χ1v) is 6.61. The molecular formula is C10H21NO4S. The third-order valence-corrected chi connectivity index (χ3v) is 4.39.